The summed E-state index contributed by atoms with van der Waals surface area (Å²) in [6, 6.07) is -0.699. The molecule has 0 saturated carbocycles. The van der Waals surface area contributed by atoms with Gasteiger partial charge in [-0.25, -0.2) is 0 Å². The molecule has 0 heterocycles. The average Bonchev–Trinajstić information content (AvgIpc) is 2.67. The monoisotopic (exact) mass is 399 g/mol. The predicted octanol–water partition coefficient (Wildman–Crippen LogP) is 4.24. The fourth-order valence-corrected chi connectivity index (χ4v) is 3.15. The normalized spacial score (nSPS) is 14.9. The zero-order valence-corrected chi connectivity index (χ0v) is 18.2. The van der Waals surface area contributed by atoms with Crippen molar-refractivity contribution in [2.45, 2.75) is 122 Å². The molecular formula is C23H45NO4. The van der Waals surface area contributed by atoms with Gasteiger partial charge in [0.2, 0.25) is 5.91 Å². The zero-order chi connectivity index (χ0) is 21.0. The van der Waals surface area contributed by atoms with Crippen molar-refractivity contribution in [2.24, 2.45) is 0 Å². The third kappa shape index (κ3) is 17.2. The average molecular weight is 400 g/mol. The fraction of sp³-hybridized carbons (Fsp3) is 0.870. The Balaban J connectivity index is 3.69. The van der Waals surface area contributed by atoms with Gasteiger partial charge in [-0.05, 0) is 26.2 Å². The van der Waals surface area contributed by atoms with Crippen LogP contribution in [0.2, 0.25) is 0 Å². The highest BCUT2D eigenvalue weighted by atomic mass is 16.3. The Morgan fingerprint density at radius 3 is 1.96 bits per heavy atom. The molecule has 0 fully saturated rings. The van der Waals surface area contributed by atoms with Crippen LogP contribution in [0.5, 0.6) is 0 Å². The van der Waals surface area contributed by atoms with Gasteiger partial charge in [-0.2, -0.15) is 0 Å². The van der Waals surface area contributed by atoms with Crippen LogP contribution in [-0.4, -0.2) is 46.1 Å². The Hall–Kier alpha value is -0.910. The van der Waals surface area contributed by atoms with E-state index in [2.05, 4.69) is 12.2 Å². The summed E-state index contributed by atoms with van der Waals surface area (Å²) in [7, 11) is 0. The highest BCUT2D eigenvalue weighted by Crippen LogP contribution is 2.12. The quantitative estimate of drug-likeness (QED) is 0.193. The summed E-state index contributed by atoms with van der Waals surface area (Å²) < 4.78 is 0. The Morgan fingerprint density at radius 1 is 0.929 bits per heavy atom. The minimum atomic E-state index is -0.895. The van der Waals surface area contributed by atoms with Gasteiger partial charge in [-0.3, -0.25) is 4.79 Å². The molecule has 1 amide bonds. The molecule has 5 heteroatoms. The van der Waals surface area contributed by atoms with Crippen LogP contribution in [0.3, 0.4) is 0 Å². The number of hydrogen-bond acceptors (Lipinski definition) is 4. The van der Waals surface area contributed by atoms with Crippen molar-refractivity contribution in [2.75, 3.05) is 6.61 Å². The molecule has 0 aliphatic carbocycles. The largest absolute Gasteiger partial charge is 0.394 e. The molecule has 5 nitrogen and oxygen atoms in total. The first-order valence-corrected chi connectivity index (χ1v) is 11.4. The lowest BCUT2D eigenvalue weighted by atomic mass is 10.0. The first kappa shape index (κ1) is 27.1. The van der Waals surface area contributed by atoms with E-state index in [-0.39, 0.29) is 18.9 Å². The fourth-order valence-electron chi connectivity index (χ4n) is 3.15. The van der Waals surface area contributed by atoms with Crippen LogP contribution in [0.25, 0.3) is 0 Å². The number of aliphatic hydroxyl groups excluding tert-OH is 3. The molecule has 0 aromatic carbocycles. The smallest absolute Gasteiger partial charge is 0.220 e. The Bertz CT molecular complexity index is 385. The van der Waals surface area contributed by atoms with Crippen molar-refractivity contribution < 1.29 is 20.1 Å². The summed E-state index contributed by atoms with van der Waals surface area (Å²) >= 11 is 0. The second kappa shape index (κ2) is 19.4. The van der Waals surface area contributed by atoms with Gasteiger partial charge in [-0.1, -0.05) is 83.3 Å². The molecule has 3 atom stereocenters. The van der Waals surface area contributed by atoms with Crippen LogP contribution in [0, 0.1) is 0 Å². The number of amides is 1. The second-order valence-electron chi connectivity index (χ2n) is 7.99. The van der Waals surface area contributed by atoms with Crippen LogP contribution >= 0.6 is 0 Å². The summed E-state index contributed by atoms with van der Waals surface area (Å²) in [5, 5.41) is 31.3. The zero-order valence-electron chi connectivity index (χ0n) is 18.2. The van der Waals surface area contributed by atoms with Crippen LogP contribution in [0.1, 0.15) is 104 Å². The molecule has 3 unspecified atom stereocenters. The van der Waals surface area contributed by atoms with E-state index in [1.165, 1.54) is 64.2 Å². The first-order valence-electron chi connectivity index (χ1n) is 11.4. The van der Waals surface area contributed by atoms with Gasteiger partial charge in [0.1, 0.15) is 0 Å². The molecule has 0 aromatic heterocycles. The van der Waals surface area contributed by atoms with Crippen LogP contribution < -0.4 is 5.32 Å². The van der Waals surface area contributed by atoms with Crippen LogP contribution in [0.15, 0.2) is 12.2 Å². The number of allylic oxidation sites excluding steroid dienone is 1. The van der Waals surface area contributed by atoms with Crippen LogP contribution in [-0.2, 0) is 4.79 Å². The standard InChI is InChI=1S/C23H45NO4/c1-3-4-5-6-7-8-9-10-11-12-13-14-15-16-22(27)21(19-25)24-23(28)18-17-20(2)26/h15-16,20-22,25-27H,3-14,17-19H2,1-2H3,(H,24,28)/b16-15+. The highest BCUT2D eigenvalue weighted by Gasteiger charge is 2.18. The summed E-state index contributed by atoms with van der Waals surface area (Å²) in [6.45, 7) is 3.56. The highest BCUT2D eigenvalue weighted by molar-refractivity contribution is 5.76. The maximum Gasteiger partial charge on any atom is 0.220 e. The van der Waals surface area contributed by atoms with E-state index >= 15 is 0 Å². The molecular weight excluding hydrogens is 354 g/mol. The van der Waals surface area contributed by atoms with Gasteiger partial charge in [0.15, 0.2) is 0 Å². The molecule has 0 radical (unpaired) electrons. The number of carbonyl (C=O) groups excluding carboxylic acids is 1. The maximum atomic E-state index is 11.7. The molecule has 0 aromatic rings. The molecule has 0 bridgehead atoms. The van der Waals surface area contributed by atoms with Crippen molar-refractivity contribution in [1.82, 2.24) is 5.32 Å². The van der Waals surface area contributed by atoms with Gasteiger partial charge < -0.3 is 20.6 Å². The SMILES string of the molecule is CCCCCCCCCCCCC/C=C/C(O)C(CO)NC(=O)CCC(C)O. The Kier molecular flexibility index (Phi) is 18.8. The molecule has 4 N–H and O–H groups in total. The van der Waals surface area contributed by atoms with E-state index in [9.17, 15) is 20.1 Å². The molecule has 0 spiro atoms. The van der Waals surface area contributed by atoms with E-state index in [1.807, 2.05) is 6.08 Å². The minimum Gasteiger partial charge on any atom is -0.394 e. The minimum absolute atomic E-state index is 0.184. The number of rotatable bonds is 19. The van der Waals surface area contributed by atoms with Gasteiger partial charge in [0, 0.05) is 6.42 Å². The van der Waals surface area contributed by atoms with E-state index in [1.54, 1.807) is 13.0 Å². The summed E-state index contributed by atoms with van der Waals surface area (Å²) in [6.07, 6.45) is 18.0. The first-order chi connectivity index (χ1) is 13.5. The lowest BCUT2D eigenvalue weighted by molar-refractivity contribution is -0.123. The van der Waals surface area contributed by atoms with E-state index in [0.29, 0.717) is 6.42 Å². The molecule has 0 aliphatic heterocycles. The van der Waals surface area contributed by atoms with Crippen molar-refractivity contribution in [3.05, 3.63) is 12.2 Å². The van der Waals surface area contributed by atoms with E-state index < -0.39 is 18.2 Å². The number of hydrogen-bond donors (Lipinski definition) is 4. The van der Waals surface area contributed by atoms with Crippen molar-refractivity contribution >= 4 is 5.91 Å². The molecule has 0 aliphatic rings. The van der Waals surface area contributed by atoms with Gasteiger partial charge in [0.05, 0.1) is 24.9 Å². The van der Waals surface area contributed by atoms with Gasteiger partial charge >= 0.3 is 0 Å². The Morgan fingerprint density at radius 2 is 1.46 bits per heavy atom. The van der Waals surface area contributed by atoms with E-state index in [4.69, 9.17) is 0 Å². The Labute approximate surface area is 172 Å². The summed E-state index contributed by atoms with van der Waals surface area (Å²) in [5.41, 5.74) is 0. The van der Waals surface area contributed by atoms with E-state index in [0.717, 1.165) is 12.8 Å². The number of unbranched alkanes of at least 4 members (excludes halogenated alkanes) is 11. The molecule has 28 heavy (non-hydrogen) atoms. The third-order valence-corrected chi connectivity index (χ3v) is 5.05. The molecule has 0 saturated heterocycles. The number of nitrogens with one attached hydrogen (secondary N) is 1. The van der Waals surface area contributed by atoms with Gasteiger partial charge in [0.25, 0.3) is 0 Å². The number of aliphatic hydroxyl groups is 3. The van der Waals surface area contributed by atoms with Crippen molar-refractivity contribution in [3.63, 3.8) is 0 Å². The van der Waals surface area contributed by atoms with Gasteiger partial charge in [-0.15, -0.1) is 0 Å². The maximum absolute atomic E-state index is 11.7. The van der Waals surface area contributed by atoms with Crippen molar-refractivity contribution in [3.8, 4) is 0 Å². The lowest BCUT2D eigenvalue weighted by Gasteiger charge is -2.20. The predicted molar refractivity (Wildman–Crippen MR) is 116 cm³/mol. The lowest BCUT2D eigenvalue weighted by Crippen LogP contribution is -2.45. The topological polar surface area (TPSA) is 89.8 Å². The summed E-state index contributed by atoms with van der Waals surface area (Å²) in [5.74, 6) is -0.266. The van der Waals surface area contributed by atoms with Crippen molar-refractivity contribution in [1.29, 1.82) is 0 Å². The number of carbonyl (C=O) groups is 1. The van der Waals surface area contributed by atoms with Crippen LogP contribution in [0.4, 0.5) is 0 Å². The second-order valence-corrected chi connectivity index (χ2v) is 7.99. The third-order valence-electron chi connectivity index (χ3n) is 5.05. The molecule has 166 valence electrons. The summed E-state index contributed by atoms with van der Waals surface area (Å²) in [4.78, 5) is 11.7. The molecule has 0 rings (SSSR count).